The molecule has 6 heteroatoms. The van der Waals surface area contributed by atoms with Crippen molar-refractivity contribution < 1.29 is 18.3 Å². The number of hydrogen-bond donors (Lipinski definition) is 1. The summed E-state index contributed by atoms with van der Waals surface area (Å²) in [5, 5.41) is 8.92. The third-order valence-corrected chi connectivity index (χ3v) is 6.11. The number of nitrogens with zero attached hydrogens (tertiary/aromatic N) is 1. The summed E-state index contributed by atoms with van der Waals surface area (Å²) in [6.45, 7) is 0.173. The van der Waals surface area contributed by atoms with E-state index in [0.717, 1.165) is 11.1 Å². The summed E-state index contributed by atoms with van der Waals surface area (Å²) in [6, 6.07) is 6.46. The minimum Gasteiger partial charge on any atom is -0.480 e. The maximum atomic E-state index is 12.3. The van der Waals surface area contributed by atoms with Crippen molar-refractivity contribution in [2.75, 3.05) is 0 Å². The molecule has 19 heavy (non-hydrogen) atoms. The van der Waals surface area contributed by atoms with Crippen molar-refractivity contribution in [3.63, 3.8) is 0 Å². The highest BCUT2D eigenvalue weighted by molar-refractivity contribution is 7.90. The highest BCUT2D eigenvalue weighted by Gasteiger charge is 2.46. The number of sulfonamides is 1. The minimum absolute atomic E-state index is 0.173. The summed E-state index contributed by atoms with van der Waals surface area (Å²) >= 11 is 0. The summed E-state index contributed by atoms with van der Waals surface area (Å²) < 4.78 is 25.8. The van der Waals surface area contributed by atoms with Crippen LogP contribution in [0, 0.1) is 0 Å². The zero-order valence-corrected chi connectivity index (χ0v) is 11.1. The highest BCUT2D eigenvalue weighted by atomic mass is 32.2. The SMILES string of the molecule is O=C(O)[C@H]1Cc2ccccc2CN1S(=O)(=O)C1CC1. The topological polar surface area (TPSA) is 74.7 Å². The van der Waals surface area contributed by atoms with Crippen LogP contribution in [0.5, 0.6) is 0 Å². The summed E-state index contributed by atoms with van der Waals surface area (Å²) in [5.41, 5.74) is 1.83. The van der Waals surface area contributed by atoms with Crippen LogP contribution in [0.2, 0.25) is 0 Å². The van der Waals surface area contributed by atoms with E-state index in [0.29, 0.717) is 12.8 Å². The predicted molar refractivity (Wildman–Crippen MR) is 69.1 cm³/mol. The number of aliphatic carboxylic acids is 1. The normalized spacial score (nSPS) is 23.9. The quantitative estimate of drug-likeness (QED) is 0.896. The molecule has 1 N–H and O–H groups in total. The van der Waals surface area contributed by atoms with E-state index in [4.69, 9.17) is 0 Å². The number of hydrogen-bond acceptors (Lipinski definition) is 3. The van der Waals surface area contributed by atoms with Gasteiger partial charge in [-0.2, -0.15) is 4.31 Å². The van der Waals surface area contributed by atoms with Gasteiger partial charge in [-0.25, -0.2) is 8.42 Å². The molecule has 102 valence electrons. The molecule has 3 rings (SSSR count). The molecule has 0 unspecified atom stereocenters. The molecule has 0 aromatic heterocycles. The number of carbonyl (C=O) groups is 1. The summed E-state index contributed by atoms with van der Waals surface area (Å²) in [5.74, 6) is -1.07. The molecule has 0 amide bonds. The van der Waals surface area contributed by atoms with Gasteiger partial charge >= 0.3 is 5.97 Å². The molecule has 0 saturated heterocycles. The van der Waals surface area contributed by atoms with E-state index in [1.807, 2.05) is 24.3 Å². The summed E-state index contributed by atoms with van der Waals surface area (Å²) in [4.78, 5) is 11.4. The lowest BCUT2D eigenvalue weighted by molar-refractivity contribution is -0.141. The van der Waals surface area contributed by atoms with Gasteiger partial charge in [0, 0.05) is 13.0 Å². The van der Waals surface area contributed by atoms with Gasteiger partial charge in [0.2, 0.25) is 10.0 Å². The van der Waals surface area contributed by atoms with Crippen molar-refractivity contribution >= 4 is 16.0 Å². The van der Waals surface area contributed by atoms with Crippen molar-refractivity contribution in [2.24, 2.45) is 0 Å². The van der Waals surface area contributed by atoms with Gasteiger partial charge in [-0.15, -0.1) is 0 Å². The van der Waals surface area contributed by atoms with Crippen LogP contribution < -0.4 is 0 Å². The summed E-state index contributed by atoms with van der Waals surface area (Å²) in [6.07, 6.45) is 1.54. The molecule has 2 aliphatic rings. The van der Waals surface area contributed by atoms with Crippen LogP contribution in [0.1, 0.15) is 24.0 Å². The fourth-order valence-electron chi connectivity index (χ4n) is 2.53. The van der Waals surface area contributed by atoms with Crippen LogP contribution in [0.3, 0.4) is 0 Å². The predicted octanol–water partition coefficient (Wildman–Crippen LogP) is 0.990. The Kier molecular flexibility index (Phi) is 2.87. The first-order valence-electron chi connectivity index (χ1n) is 6.30. The Hall–Kier alpha value is -1.40. The average Bonchev–Trinajstić information content (AvgIpc) is 3.21. The van der Waals surface area contributed by atoms with Gasteiger partial charge in [0.25, 0.3) is 0 Å². The van der Waals surface area contributed by atoms with Crippen molar-refractivity contribution in [1.82, 2.24) is 4.31 Å². The fraction of sp³-hybridized carbons (Fsp3) is 0.462. The Morgan fingerprint density at radius 3 is 2.42 bits per heavy atom. The smallest absolute Gasteiger partial charge is 0.322 e. The molecule has 1 aromatic carbocycles. The van der Waals surface area contributed by atoms with Gasteiger partial charge in [-0.05, 0) is 24.0 Å². The van der Waals surface area contributed by atoms with E-state index in [-0.39, 0.29) is 18.2 Å². The summed E-state index contributed by atoms with van der Waals surface area (Å²) in [7, 11) is -3.47. The van der Waals surface area contributed by atoms with Gasteiger partial charge in [-0.1, -0.05) is 24.3 Å². The van der Waals surface area contributed by atoms with Gasteiger partial charge in [0.1, 0.15) is 6.04 Å². The highest BCUT2D eigenvalue weighted by Crippen LogP contribution is 2.35. The van der Waals surface area contributed by atoms with Gasteiger partial charge in [0.15, 0.2) is 0 Å². The van der Waals surface area contributed by atoms with Crippen LogP contribution in [0.4, 0.5) is 0 Å². The van der Waals surface area contributed by atoms with E-state index in [9.17, 15) is 18.3 Å². The first-order chi connectivity index (χ1) is 9.00. The molecule has 0 spiro atoms. The maximum Gasteiger partial charge on any atom is 0.322 e. The van der Waals surface area contributed by atoms with Crippen LogP contribution >= 0.6 is 0 Å². The number of carboxylic acid groups (broad SMARTS) is 1. The standard InChI is InChI=1S/C13H15NO4S/c15-13(16)12-7-9-3-1-2-4-10(9)8-14(12)19(17,18)11-5-6-11/h1-4,11-12H,5-8H2,(H,15,16)/t12-/m1/s1. The second-order valence-electron chi connectivity index (χ2n) is 5.12. The van der Waals surface area contributed by atoms with E-state index < -0.39 is 22.0 Å². The van der Waals surface area contributed by atoms with Crippen molar-refractivity contribution in [2.45, 2.75) is 37.1 Å². The van der Waals surface area contributed by atoms with Crippen molar-refractivity contribution in [1.29, 1.82) is 0 Å². The molecule has 0 radical (unpaired) electrons. The second kappa shape index (κ2) is 4.31. The second-order valence-corrected chi connectivity index (χ2v) is 7.28. The Labute approximate surface area is 111 Å². The lowest BCUT2D eigenvalue weighted by atomic mass is 9.96. The number of rotatable bonds is 3. The monoisotopic (exact) mass is 281 g/mol. The third-order valence-electron chi connectivity index (χ3n) is 3.76. The Morgan fingerprint density at radius 1 is 1.21 bits per heavy atom. The molecule has 1 heterocycles. The van der Waals surface area contributed by atoms with E-state index in [1.165, 1.54) is 4.31 Å². The molecule has 1 aromatic rings. The molecule has 0 bridgehead atoms. The molecule has 1 saturated carbocycles. The minimum atomic E-state index is -3.47. The molecular formula is C13H15NO4S. The number of benzene rings is 1. The third kappa shape index (κ3) is 2.15. The van der Waals surface area contributed by atoms with Crippen molar-refractivity contribution in [3.8, 4) is 0 Å². The molecule has 1 aliphatic carbocycles. The van der Waals surface area contributed by atoms with Gasteiger partial charge in [-0.3, -0.25) is 4.79 Å². The number of carboxylic acids is 1. The molecule has 1 atom stereocenters. The zero-order valence-electron chi connectivity index (χ0n) is 10.3. The average molecular weight is 281 g/mol. The van der Waals surface area contributed by atoms with E-state index in [1.54, 1.807) is 0 Å². The van der Waals surface area contributed by atoms with Gasteiger partial charge < -0.3 is 5.11 Å². The van der Waals surface area contributed by atoms with E-state index >= 15 is 0 Å². The zero-order chi connectivity index (χ0) is 13.6. The van der Waals surface area contributed by atoms with Crippen LogP contribution in [0.25, 0.3) is 0 Å². The van der Waals surface area contributed by atoms with Gasteiger partial charge in [0.05, 0.1) is 5.25 Å². The molecule has 1 fully saturated rings. The first-order valence-corrected chi connectivity index (χ1v) is 7.80. The Balaban J connectivity index is 2.01. The van der Waals surface area contributed by atoms with E-state index in [2.05, 4.69) is 0 Å². The Bertz CT molecular complexity index is 621. The lowest BCUT2D eigenvalue weighted by Crippen LogP contribution is -2.49. The Morgan fingerprint density at radius 2 is 1.84 bits per heavy atom. The largest absolute Gasteiger partial charge is 0.480 e. The molecule has 5 nitrogen and oxygen atoms in total. The first kappa shape index (κ1) is 12.6. The molecule has 1 aliphatic heterocycles. The fourth-order valence-corrected chi connectivity index (χ4v) is 4.49. The van der Waals surface area contributed by atoms with Crippen LogP contribution in [-0.2, 0) is 27.8 Å². The van der Waals surface area contributed by atoms with Crippen LogP contribution in [0.15, 0.2) is 24.3 Å². The van der Waals surface area contributed by atoms with Crippen molar-refractivity contribution in [3.05, 3.63) is 35.4 Å². The number of fused-ring (bicyclic) bond motifs is 1. The molecular weight excluding hydrogens is 266 g/mol. The maximum absolute atomic E-state index is 12.3. The van der Waals surface area contributed by atoms with Crippen LogP contribution in [-0.4, -0.2) is 35.1 Å². The lowest BCUT2D eigenvalue weighted by Gasteiger charge is -2.33.